The number of rotatable bonds is 8. The Morgan fingerprint density at radius 1 is 1.38 bits per heavy atom. The van der Waals surface area contributed by atoms with Gasteiger partial charge in [-0.05, 0) is 26.8 Å². The zero-order chi connectivity index (χ0) is 15.7. The fraction of sp³-hybridized carbons (Fsp3) is 0.667. The Labute approximate surface area is 126 Å². The summed E-state index contributed by atoms with van der Waals surface area (Å²) >= 11 is 0. The predicted octanol–water partition coefficient (Wildman–Crippen LogP) is 2.25. The van der Waals surface area contributed by atoms with Crippen molar-refractivity contribution < 1.29 is 18.7 Å². The van der Waals surface area contributed by atoms with Gasteiger partial charge in [-0.2, -0.15) is 0 Å². The third kappa shape index (κ3) is 7.72. The number of methoxy groups -OCH3 is 1. The largest absolute Gasteiger partial charge is 0.472 e. The molecule has 0 fully saturated rings. The van der Waals surface area contributed by atoms with Gasteiger partial charge in [0.2, 0.25) is 0 Å². The molecule has 0 aliphatic carbocycles. The summed E-state index contributed by atoms with van der Waals surface area (Å²) in [5, 5.41) is 3.26. The molecule has 6 heteroatoms. The SMILES string of the molecule is COCCN(CCNCc1ccoc1)C(=O)OC(C)(C)C. The normalized spacial score (nSPS) is 11.4. The van der Waals surface area contributed by atoms with Gasteiger partial charge in [-0.3, -0.25) is 0 Å². The number of hydrogen-bond donors (Lipinski definition) is 1. The standard InChI is InChI=1S/C15H26N2O4/c1-15(2,3)21-14(18)17(8-10-19-4)7-6-16-11-13-5-9-20-12-13/h5,9,12,16H,6-8,10-11H2,1-4H3. The van der Waals surface area contributed by atoms with Gasteiger partial charge in [0, 0.05) is 38.9 Å². The fourth-order valence-electron chi connectivity index (χ4n) is 1.66. The Morgan fingerprint density at radius 3 is 2.71 bits per heavy atom. The molecule has 0 aliphatic heterocycles. The van der Waals surface area contributed by atoms with E-state index in [1.807, 2.05) is 26.8 Å². The molecule has 0 bridgehead atoms. The van der Waals surface area contributed by atoms with Crippen LogP contribution < -0.4 is 5.32 Å². The van der Waals surface area contributed by atoms with E-state index >= 15 is 0 Å². The summed E-state index contributed by atoms with van der Waals surface area (Å²) in [6, 6.07) is 1.91. The summed E-state index contributed by atoms with van der Waals surface area (Å²) in [5.41, 5.74) is 0.586. The molecule has 0 aliphatic rings. The van der Waals surface area contributed by atoms with Crippen molar-refractivity contribution in [2.24, 2.45) is 0 Å². The van der Waals surface area contributed by atoms with E-state index in [1.165, 1.54) is 0 Å². The van der Waals surface area contributed by atoms with Crippen molar-refractivity contribution in [2.75, 3.05) is 33.4 Å². The van der Waals surface area contributed by atoms with Crippen LogP contribution in [0.4, 0.5) is 4.79 Å². The topological polar surface area (TPSA) is 63.9 Å². The van der Waals surface area contributed by atoms with E-state index in [0.29, 0.717) is 32.8 Å². The van der Waals surface area contributed by atoms with Crippen molar-refractivity contribution in [3.05, 3.63) is 24.2 Å². The van der Waals surface area contributed by atoms with E-state index in [9.17, 15) is 4.79 Å². The van der Waals surface area contributed by atoms with Gasteiger partial charge in [0.15, 0.2) is 0 Å². The second-order valence-corrected chi connectivity index (χ2v) is 5.77. The summed E-state index contributed by atoms with van der Waals surface area (Å²) in [6.07, 6.45) is 3.02. The van der Waals surface area contributed by atoms with Crippen molar-refractivity contribution in [1.29, 1.82) is 0 Å². The number of nitrogens with zero attached hydrogens (tertiary/aromatic N) is 1. The van der Waals surface area contributed by atoms with Gasteiger partial charge in [0.05, 0.1) is 19.1 Å². The molecule has 0 saturated carbocycles. The predicted molar refractivity (Wildman–Crippen MR) is 80.1 cm³/mol. The molecule has 1 aromatic rings. The molecule has 0 spiro atoms. The van der Waals surface area contributed by atoms with Crippen LogP contribution in [0, 0.1) is 0 Å². The molecule has 1 aromatic heterocycles. The second-order valence-electron chi connectivity index (χ2n) is 5.77. The Morgan fingerprint density at radius 2 is 2.14 bits per heavy atom. The lowest BCUT2D eigenvalue weighted by molar-refractivity contribution is 0.0204. The third-order valence-electron chi connectivity index (χ3n) is 2.68. The number of carbonyl (C=O) groups excluding carboxylic acids is 1. The van der Waals surface area contributed by atoms with E-state index < -0.39 is 5.60 Å². The third-order valence-corrected chi connectivity index (χ3v) is 2.68. The summed E-state index contributed by atoms with van der Waals surface area (Å²) in [4.78, 5) is 13.7. The van der Waals surface area contributed by atoms with Gasteiger partial charge in [-0.15, -0.1) is 0 Å². The second kappa shape index (κ2) is 8.69. The quantitative estimate of drug-likeness (QED) is 0.746. The minimum Gasteiger partial charge on any atom is -0.472 e. The zero-order valence-corrected chi connectivity index (χ0v) is 13.3. The molecule has 1 N–H and O–H groups in total. The molecule has 1 amide bonds. The molecule has 21 heavy (non-hydrogen) atoms. The first-order valence-corrected chi connectivity index (χ1v) is 7.11. The van der Waals surface area contributed by atoms with Crippen LogP contribution in [-0.4, -0.2) is 49.9 Å². The van der Waals surface area contributed by atoms with Gasteiger partial charge in [0.1, 0.15) is 5.60 Å². The average molecular weight is 298 g/mol. The minimum atomic E-state index is -0.493. The zero-order valence-electron chi connectivity index (χ0n) is 13.3. The van der Waals surface area contributed by atoms with E-state index in [1.54, 1.807) is 24.5 Å². The Bertz CT molecular complexity index is 398. The molecule has 120 valence electrons. The van der Waals surface area contributed by atoms with Crippen LogP contribution in [0.1, 0.15) is 26.3 Å². The van der Waals surface area contributed by atoms with Crippen LogP contribution in [0.5, 0.6) is 0 Å². The molecule has 0 radical (unpaired) electrons. The number of nitrogens with one attached hydrogen (secondary N) is 1. The van der Waals surface area contributed by atoms with Crippen molar-refractivity contribution in [3.63, 3.8) is 0 Å². The number of carbonyl (C=O) groups is 1. The summed E-state index contributed by atoms with van der Waals surface area (Å²) in [7, 11) is 1.62. The highest BCUT2D eigenvalue weighted by molar-refractivity contribution is 5.68. The number of amides is 1. The number of ether oxygens (including phenoxy) is 2. The lowest BCUT2D eigenvalue weighted by Gasteiger charge is -2.27. The number of hydrogen-bond acceptors (Lipinski definition) is 5. The van der Waals surface area contributed by atoms with Gasteiger partial charge in [-0.25, -0.2) is 4.79 Å². The van der Waals surface area contributed by atoms with Crippen molar-refractivity contribution in [2.45, 2.75) is 32.9 Å². The molecule has 0 unspecified atom stereocenters. The first-order valence-electron chi connectivity index (χ1n) is 7.11. The minimum absolute atomic E-state index is 0.315. The van der Waals surface area contributed by atoms with Gasteiger partial charge >= 0.3 is 6.09 Å². The van der Waals surface area contributed by atoms with Crippen molar-refractivity contribution in [1.82, 2.24) is 10.2 Å². The Kier molecular flexibility index (Phi) is 7.25. The first kappa shape index (κ1) is 17.5. The lowest BCUT2D eigenvalue weighted by Crippen LogP contribution is -2.42. The average Bonchev–Trinajstić information content (AvgIpc) is 2.88. The van der Waals surface area contributed by atoms with Crippen LogP contribution in [-0.2, 0) is 16.0 Å². The smallest absolute Gasteiger partial charge is 0.410 e. The summed E-state index contributed by atoms with van der Waals surface area (Å²) < 4.78 is 15.4. The highest BCUT2D eigenvalue weighted by Crippen LogP contribution is 2.09. The molecule has 0 saturated heterocycles. The molecule has 6 nitrogen and oxygen atoms in total. The maximum atomic E-state index is 12.1. The van der Waals surface area contributed by atoms with E-state index in [-0.39, 0.29) is 6.09 Å². The molecular weight excluding hydrogens is 272 g/mol. The van der Waals surface area contributed by atoms with Crippen LogP contribution in [0.25, 0.3) is 0 Å². The molecule has 0 aromatic carbocycles. The first-order chi connectivity index (χ1) is 9.92. The van der Waals surface area contributed by atoms with Crippen molar-refractivity contribution in [3.8, 4) is 0 Å². The van der Waals surface area contributed by atoms with Gasteiger partial charge < -0.3 is 24.1 Å². The highest BCUT2D eigenvalue weighted by atomic mass is 16.6. The molecule has 1 heterocycles. The van der Waals surface area contributed by atoms with E-state index in [0.717, 1.165) is 5.56 Å². The van der Waals surface area contributed by atoms with E-state index in [2.05, 4.69) is 5.32 Å². The van der Waals surface area contributed by atoms with E-state index in [4.69, 9.17) is 13.9 Å². The van der Waals surface area contributed by atoms with Crippen LogP contribution in [0.15, 0.2) is 23.0 Å². The Balaban J connectivity index is 2.36. The van der Waals surface area contributed by atoms with Crippen molar-refractivity contribution >= 4 is 6.09 Å². The molecule has 0 atom stereocenters. The monoisotopic (exact) mass is 298 g/mol. The summed E-state index contributed by atoms with van der Waals surface area (Å²) in [6.45, 7) is 8.52. The number of furan rings is 1. The Hall–Kier alpha value is -1.53. The lowest BCUT2D eigenvalue weighted by atomic mass is 10.2. The van der Waals surface area contributed by atoms with Crippen LogP contribution in [0.3, 0.4) is 0 Å². The van der Waals surface area contributed by atoms with Gasteiger partial charge in [0.25, 0.3) is 0 Å². The van der Waals surface area contributed by atoms with Crippen LogP contribution >= 0.6 is 0 Å². The summed E-state index contributed by atoms with van der Waals surface area (Å²) in [5.74, 6) is 0. The molecule has 1 rings (SSSR count). The maximum absolute atomic E-state index is 12.1. The fourth-order valence-corrected chi connectivity index (χ4v) is 1.66. The maximum Gasteiger partial charge on any atom is 0.410 e. The molecular formula is C15H26N2O4. The van der Waals surface area contributed by atoms with Gasteiger partial charge in [-0.1, -0.05) is 0 Å². The highest BCUT2D eigenvalue weighted by Gasteiger charge is 2.21. The van der Waals surface area contributed by atoms with Crippen LogP contribution in [0.2, 0.25) is 0 Å².